The predicted octanol–water partition coefficient (Wildman–Crippen LogP) is 2.17. The smallest absolute Gasteiger partial charge is 0.329 e. The number of halogens is 3. The molecule has 0 saturated carbocycles. The van der Waals surface area contributed by atoms with Gasteiger partial charge in [-0.05, 0) is 19.1 Å². The lowest BCUT2D eigenvalue weighted by Gasteiger charge is -2.28. The number of amides is 1. The second-order valence-electron chi connectivity index (χ2n) is 4.10. The predicted molar refractivity (Wildman–Crippen MR) is 57.4 cm³/mol. The average Bonchev–Trinajstić information content (AvgIpc) is 2.51. The zero-order valence-corrected chi connectivity index (χ0v) is 9.67. The first-order chi connectivity index (χ1) is 8.39. The van der Waals surface area contributed by atoms with Crippen molar-refractivity contribution in [3.8, 4) is 0 Å². The number of rotatable bonds is 3. The first-order valence-corrected chi connectivity index (χ1v) is 5.50. The molecule has 0 bridgehead atoms. The Balaban J connectivity index is 2.40. The Labute approximate surface area is 102 Å². The standard InChI is InChI=1S/C12H12F3NO2/c1-2-18-12(7-11(14,15)10(17)16-12)8-3-5-9(13)6-4-8/h3-6H,2,7H2,1H3,(H,16,17). The third-order valence-corrected chi connectivity index (χ3v) is 2.82. The van der Waals surface area contributed by atoms with Crippen LogP contribution in [0.1, 0.15) is 18.9 Å². The van der Waals surface area contributed by atoms with E-state index in [1.165, 1.54) is 12.1 Å². The van der Waals surface area contributed by atoms with E-state index in [0.717, 1.165) is 12.1 Å². The Kier molecular flexibility index (Phi) is 3.06. The second-order valence-corrected chi connectivity index (χ2v) is 4.10. The van der Waals surface area contributed by atoms with Gasteiger partial charge in [-0.25, -0.2) is 4.39 Å². The van der Waals surface area contributed by atoms with E-state index in [2.05, 4.69) is 5.32 Å². The largest absolute Gasteiger partial charge is 0.351 e. The number of hydrogen-bond donors (Lipinski definition) is 1. The van der Waals surface area contributed by atoms with Crippen LogP contribution in [0.2, 0.25) is 0 Å². The van der Waals surface area contributed by atoms with Crippen molar-refractivity contribution >= 4 is 5.91 Å². The lowest BCUT2D eigenvalue weighted by molar-refractivity contribution is -0.139. The van der Waals surface area contributed by atoms with Crippen LogP contribution in [0.25, 0.3) is 0 Å². The molecule has 1 heterocycles. The summed E-state index contributed by atoms with van der Waals surface area (Å²) in [5.74, 6) is -5.34. The minimum absolute atomic E-state index is 0.147. The van der Waals surface area contributed by atoms with E-state index in [-0.39, 0.29) is 6.61 Å². The van der Waals surface area contributed by atoms with Gasteiger partial charge in [0.2, 0.25) is 0 Å². The zero-order chi connectivity index (χ0) is 13.4. The molecule has 0 radical (unpaired) electrons. The molecule has 1 fully saturated rings. The fourth-order valence-electron chi connectivity index (χ4n) is 2.02. The lowest BCUT2D eigenvalue weighted by atomic mass is 9.99. The molecule has 0 aliphatic carbocycles. The van der Waals surface area contributed by atoms with Gasteiger partial charge in [0.25, 0.3) is 5.91 Å². The highest BCUT2D eigenvalue weighted by atomic mass is 19.3. The van der Waals surface area contributed by atoms with Gasteiger partial charge in [0, 0.05) is 12.2 Å². The molecule has 1 atom stereocenters. The molecule has 1 saturated heterocycles. The summed E-state index contributed by atoms with van der Waals surface area (Å²) in [5, 5.41) is 2.16. The average molecular weight is 259 g/mol. The van der Waals surface area contributed by atoms with Crippen LogP contribution in [-0.2, 0) is 15.3 Å². The van der Waals surface area contributed by atoms with Gasteiger partial charge in [-0.3, -0.25) is 4.79 Å². The van der Waals surface area contributed by atoms with Crippen molar-refractivity contribution in [3.63, 3.8) is 0 Å². The summed E-state index contributed by atoms with van der Waals surface area (Å²) in [6, 6.07) is 4.93. The number of alkyl halides is 2. The van der Waals surface area contributed by atoms with Gasteiger partial charge in [0.15, 0.2) is 5.72 Å². The molecule has 98 valence electrons. The highest BCUT2D eigenvalue weighted by Gasteiger charge is 2.57. The van der Waals surface area contributed by atoms with E-state index in [1.54, 1.807) is 6.92 Å². The molecule has 0 spiro atoms. The summed E-state index contributed by atoms with van der Waals surface area (Å²) in [5.41, 5.74) is -1.28. The fraction of sp³-hybridized carbons (Fsp3) is 0.417. The SMILES string of the molecule is CCOC1(c2ccc(F)cc2)CC(F)(F)C(=O)N1. The van der Waals surface area contributed by atoms with Crippen molar-refractivity contribution in [1.29, 1.82) is 0 Å². The maximum absolute atomic E-state index is 13.4. The van der Waals surface area contributed by atoms with Gasteiger partial charge in [-0.1, -0.05) is 12.1 Å². The van der Waals surface area contributed by atoms with Crippen LogP contribution >= 0.6 is 0 Å². The van der Waals surface area contributed by atoms with Crippen LogP contribution in [0, 0.1) is 5.82 Å². The van der Waals surface area contributed by atoms with Crippen molar-refractivity contribution < 1.29 is 22.7 Å². The summed E-state index contributed by atoms with van der Waals surface area (Å²) >= 11 is 0. The van der Waals surface area contributed by atoms with E-state index in [4.69, 9.17) is 4.74 Å². The van der Waals surface area contributed by atoms with Crippen molar-refractivity contribution in [2.24, 2.45) is 0 Å². The maximum atomic E-state index is 13.4. The van der Waals surface area contributed by atoms with Gasteiger partial charge >= 0.3 is 5.92 Å². The molecule has 1 unspecified atom stereocenters. The van der Waals surface area contributed by atoms with Gasteiger partial charge in [0.05, 0.1) is 6.42 Å². The Morgan fingerprint density at radius 1 is 1.33 bits per heavy atom. The first-order valence-electron chi connectivity index (χ1n) is 5.50. The van der Waals surface area contributed by atoms with E-state index >= 15 is 0 Å². The van der Waals surface area contributed by atoms with Crippen molar-refractivity contribution in [1.82, 2.24) is 5.32 Å². The summed E-state index contributed by atoms with van der Waals surface area (Å²) in [6.45, 7) is 1.78. The second kappa shape index (κ2) is 4.28. The quantitative estimate of drug-likeness (QED) is 0.903. The first kappa shape index (κ1) is 12.9. The molecule has 3 nitrogen and oxygen atoms in total. The molecular weight excluding hydrogens is 247 g/mol. The van der Waals surface area contributed by atoms with Crippen molar-refractivity contribution in [2.45, 2.75) is 25.0 Å². The van der Waals surface area contributed by atoms with Crippen LogP contribution in [0.15, 0.2) is 24.3 Å². The van der Waals surface area contributed by atoms with Gasteiger partial charge in [-0.15, -0.1) is 0 Å². The molecule has 1 aliphatic rings. The Bertz CT molecular complexity index is 461. The normalized spacial score (nSPS) is 26.1. The molecule has 1 amide bonds. The van der Waals surface area contributed by atoms with Crippen LogP contribution in [0.3, 0.4) is 0 Å². The Morgan fingerprint density at radius 2 is 1.94 bits per heavy atom. The van der Waals surface area contributed by atoms with E-state index in [1.807, 2.05) is 0 Å². The lowest BCUT2D eigenvalue weighted by Crippen LogP contribution is -2.41. The van der Waals surface area contributed by atoms with Crippen molar-refractivity contribution in [3.05, 3.63) is 35.6 Å². The summed E-state index contributed by atoms with van der Waals surface area (Å²) in [7, 11) is 0. The maximum Gasteiger partial charge on any atom is 0.329 e. The topological polar surface area (TPSA) is 38.3 Å². The number of ether oxygens (including phenoxy) is 1. The summed E-state index contributed by atoms with van der Waals surface area (Å²) in [4.78, 5) is 11.2. The molecule has 6 heteroatoms. The van der Waals surface area contributed by atoms with Crippen LogP contribution in [-0.4, -0.2) is 18.4 Å². The van der Waals surface area contributed by atoms with Crippen molar-refractivity contribution in [2.75, 3.05) is 6.61 Å². The van der Waals surface area contributed by atoms with Crippen LogP contribution in [0.5, 0.6) is 0 Å². The van der Waals surface area contributed by atoms with Gasteiger partial charge in [-0.2, -0.15) is 8.78 Å². The minimum Gasteiger partial charge on any atom is -0.351 e. The number of hydrogen-bond acceptors (Lipinski definition) is 2. The molecule has 1 aromatic rings. The molecule has 1 aromatic carbocycles. The number of nitrogens with one attached hydrogen (secondary N) is 1. The van der Waals surface area contributed by atoms with E-state index < -0.39 is 29.8 Å². The number of carbonyl (C=O) groups excluding carboxylic acids is 1. The summed E-state index contributed by atoms with van der Waals surface area (Å²) < 4.78 is 44.8. The Morgan fingerprint density at radius 3 is 2.39 bits per heavy atom. The molecule has 1 aliphatic heterocycles. The van der Waals surface area contributed by atoms with E-state index in [0.29, 0.717) is 5.56 Å². The third-order valence-electron chi connectivity index (χ3n) is 2.82. The van der Waals surface area contributed by atoms with E-state index in [9.17, 15) is 18.0 Å². The monoisotopic (exact) mass is 259 g/mol. The van der Waals surface area contributed by atoms with Gasteiger partial charge < -0.3 is 10.1 Å². The molecule has 2 rings (SSSR count). The van der Waals surface area contributed by atoms with Gasteiger partial charge in [0.1, 0.15) is 5.82 Å². The molecule has 0 aromatic heterocycles. The summed E-state index contributed by atoms with van der Waals surface area (Å²) in [6.07, 6.45) is -0.793. The number of benzene rings is 1. The number of carbonyl (C=O) groups is 1. The fourth-order valence-corrected chi connectivity index (χ4v) is 2.02. The zero-order valence-electron chi connectivity index (χ0n) is 9.67. The highest BCUT2D eigenvalue weighted by Crippen LogP contribution is 2.40. The molecular formula is C12H12F3NO2. The molecule has 18 heavy (non-hydrogen) atoms. The third kappa shape index (κ3) is 2.08. The minimum atomic E-state index is -3.48. The molecule has 1 N–H and O–H groups in total. The Hall–Kier alpha value is -1.56. The highest BCUT2D eigenvalue weighted by molar-refractivity contribution is 5.86. The van der Waals surface area contributed by atoms with Crippen LogP contribution < -0.4 is 5.32 Å². The van der Waals surface area contributed by atoms with Crippen LogP contribution in [0.4, 0.5) is 13.2 Å².